The summed E-state index contributed by atoms with van der Waals surface area (Å²) in [5.74, 6) is 0.824. The summed E-state index contributed by atoms with van der Waals surface area (Å²) in [5, 5.41) is 14.7. The number of amides is 1. The molecule has 0 radical (unpaired) electrons. The number of carbonyl (C=O) groups is 2. The Morgan fingerprint density at radius 3 is 2.45 bits per heavy atom. The van der Waals surface area contributed by atoms with Crippen molar-refractivity contribution in [2.45, 2.75) is 52.5 Å². The van der Waals surface area contributed by atoms with Crippen molar-refractivity contribution < 1.29 is 19.4 Å². The maximum absolute atomic E-state index is 13.5. The lowest BCUT2D eigenvalue weighted by Gasteiger charge is -2.32. The minimum atomic E-state index is -1.44. The van der Waals surface area contributed by atoms with Gasteiger partial charge in [-0.2, -0.15) is 0 Å². The SMILES string of the molecule is CC1CCC(C(=O)N(c2nn(-c3ccc(-c4ccccc4)s3)cc2OC(=O)O)C(C)C)CC1. The predicted octanol–water partition coefficient (Wildman–Crippen LogP) is 6.23. The molecule has 1 fully saturated rings. The molecule has 3 aromatic rings. The average Bonchev–Trinajstić information content (AvgIpc) is 3.42. The fraction of sp³-hybridized carbons (Fsp3) is 0.400. The van der Waals surface area contributed by atoms with E-state index in [1.165, 1.54) is 17.5 Å². The van der Waals surface area contributed by atoms with Crippen LogP contribution in [0.4, 0.5) is 10.6 Å². The molecular weight excluding hydrogens is 438 g/mol. The fourth-order valence-electron chi connectivity index (χ4n) is 4.31. The van der Waals surface area contributed by atoms with Gasteiger partial charge in [0.05, 0.1) is 6.20 Å². The van der Waals surface area contributed by atoms with E-state index in [-0.39, 0.29) is 29.4 Å². The lowest BCUT2D eigenvalue weighted by molar-refractivity contribution is -0.124. The Balaban J connectivity index is 1.69. The Labute approximate surface area is 197 Å². The maximum Gasteiger partial charge on any atom is 0.511 e. The quantitative estimate of drug-likeness (QED) is 0.435. The van der Waals surface area contributed by atoms with Gasteiger partial charge in [0, 0.05) is 16.8 Å². The summed E-state index contributed by atoms with van der Waals surface area (Å²) < 4.78 is 6.66. The van der Waals surface area contributed by atoms with Gasteiger partial charge in [0.25, 0.3) is 0 Å². The molecule has 1 aliphatic carbocycles. The van der Waals surface area contributed by atoms with Crippen LogP contribution in [0.25, 0.3) is 15.4 Å². The van der Waals surface area contributed by atoms with Crippen molar-refractivity contribution in [1.29, 1.82) is 0 Å². The summed E-state index contributed by atoms with van der Waals surface area (Å²) in [5.41, 5.74) is 1.09. The van der Waals surface area contributed by atoms with Crippen LogP contribution in [0, 0.1) is 11.8 Å². The summed E-state index contributed by atoms with van der Waals surface area (Å²) in [6.45, 7) is 6.03. The van der Waals surface area contributed by atoms with Crippen LogP contribution in [0.3, 0.4) is 0 Å². The highest BCUT2D eigenvalue weighted by Crippen LogP contribution is 2.37. The second kappa shape index (κ2) is 9.79. The first-order chi connectivity index (χ1) is 15.8. The normalized spacial score (nSPS) is 18.3. The number of carbonyl (C=O) groups excluding carboxylic acids is 1. The molecule has 0 unspecified atom stereocenters. The van der Waals surface area contributed by atoms with Crippen molar-refractivity contribution in [3.8, 4) is 21.2 Å². The lowest BCUT2D eigenvalue weighted by atomic mass is 9.82. The zero-order valence-electron chi connectivity index (χ0n) is 19.1. The molecule has 2 heterocycles. The van der Waals surface area contributed by atoms with E-state index in [0.29, 0.717) is 5.92 Å². The Hall–Kier alpha value is -3.13. The van der Waals surface area contributed by atoms with E-state index in [4.69, 9.17) is 4.74 Å². The van der Waals surface area contributed by atoms with Crippen LogP contribution in [0.5, 0.6) is 5.75 Å². The van der Waals surface area contributed by atoms with E-state index in [0.717, 1.165) is 41.1 Å². The molecule has 0 aliphatic heterocycles. The first kappa shape index (κ1) is 23.0. The third-order valence-electron chi connectivity index (χ3n) is 6.08. The smallest absolute Gasteiger partial charge is 0.449 e. The van der Waals surface area contributed by atoms with Crippen LogP contribution < -0.4 is 9.64 Å². The minimum absolute atomic E-state index is 0.0199. The van der Waals surface area contributed by atoms with Gasteiger partial charge < -0.3 is 9.84 Å². The molecule has 0 spiro atoms. The summed E-state index contributed by atoms with van der Waals surface area (Å²) in [6.07, 6.45) is 3.82. The van der Waals surface area contributed by atoms with Crippen molar-refractivity contribution in [3.05, 3.63) is 48.7 Å². The van der Waals surface area contributed by atoms with E-state index in [9.17, 15) is 14.7 Å². The molecule has 2 aromatic heterocycles. The molecule has 8 heteroatoms. The molecular formula is C25H29N3O4S. The first-order valence-electron chi connectivity index (χ1n) is 11.3. The largest absolute Gasteiger partial charge is 0.511 e. The lowest BCUT2D eigenvalue weighted by Crippen LogP contribution is -2.42. The predicted molar refractivity (Wildman–Crippen MR) is 129 cm³/mol. The first-order valence-corrected chi connectivity index (χ1v) is 12.1. The highest BCUT2D eigenvalue weighted by molar-refractivity contribution is 7.17. The Bertz CT molecular complexity index is 1110. The summed E-state index contributed by atoms with van der Waals surface area (Å²) in [4.78, 5) is 27.6. The van der Waals surface area contributed by atoms with E-state index < -0.39 is 6.16 Å². The number of thiophene rings is 1. The number of hydrogen-bond donors (Lipinski definition) is 1. The van der Waals surface area contributed by atoms with E-state index >= 15 is 0 Å². The van der Waals surface area contributed by atoms with Gasteiger partial charge in [-0.25, -0.2) is 9.48 Å². The van der Waals surface area contributed by atoms with Gasteiger partial charge in [-0.15, -0.1) is 16.4 Å². The van der Waals surface area contributed by atoms with E-state index in [1.54, 1.807) is 9.58 Å². The van der Waals surface area contributed by atoms with Crippen LogP contribution in [-0.2, 0) is 4.79 Å². The molecule has 7 nitrogen and oxygen atoms in total. The average molecular weight is 468 g/mol. The molecule has 1 N–H and O–H groups in total. The monoisotopic (exact) mass is 467 g/mol. The summed E-state index contributed by atoms with van der Waals surface area (Å²) in [7, 11) is 0. The minimum Gasteiger partial charge on any atom is -0.449 e. The number of carboxylic acid groups (broad SMARTS) is 1. The number of anilines is 1. The van der Waals surface area contributed by atoms with Gasteiger partial charge >= 0.3 is 6.16 Å². The van der Waals surface area contributed by atoms with Gasteiger partial charge in [0.2, 0.25) is 11.7 Å². The Kier molecular flexibility index (Phi) is 6.83. The van der Waals surface area contributed by atoms with Crippen LogP contribution in [-0.4, -0.2) is 33.0 Å². The molecule has 174 valence electrons. The zero-order valence-corrected chi connectivity index (χ0v) is 19.9. The Morgan fingerprint density at radius 2 is 1.82 bits per heavy atom. The number of rotatable bonds is 6. The third-order valence-corrected chi connectivity index (χ3v) is 7.21. The molecule has 1 aromatic carbocycles. The molecule has 0 atom stereocenters. The number of ether oxygens (including phenoxy) is 1. The van der Waals surface area contributed by atoms with Gasteiger partial charge in [0.15, 0.2) is 5.75 Å². The van der Waals surface area contributed by atoms with Gasteiger partial charge in [-0.1, -0.05) is 37.3 Å². The molecule has 33 heavy (non-hydrogen) atoms. The maximum atomic E-state index is 13.5. The number of aromatic nitrogens is 2. The number of hydrogen-bond acceptors (Lipinski definition) is 5. The van der Waals surface area contributed by atoms with Crippen molar-refractivity contribution in [1.82, 2.24) is 9.78 Å². The molecule has 4 rings (SSSR count). The number of benzene rings is 1. The molecule has 0 saturated heterocycles. The molecule has 1 aliphatic rings. The van der Waals surface area contributed by atoms with Crippen LogP contribution in [0.2, 0.25) is 0 Å². The van der Waals surface area contributed by atoms with E-state index in [2.05, 4.69) is 12.0 Å². The van der Waals surface area contributed by atoms with Gasteiger partial charge in [-0.05, 0) is 63.1 Å². The summed E-state index contributed by atoms with van der Waals surface area (Å²) >= 11 is 1.53. The van der Waals surface area contributed by atoms with Gasteiger partial charge in [0.1, 0.15) is 5.00 Å². The van der Waals surface area contributed by atoms with Crippen molar-refractivity contribution in [3.63, 3.8) is 0 Å². The van der Waals surface area contributed by atoms with Crippen molar-refractivity contribution in [2.24, 2.45) is 11.8 Å². The third kappa shape index (κ3) is 5.11. The number of nitrogens with zero attached hydrogens (tertiary/aromatic N) is 3. The van der Waals surface area contributed by atoms with Crippen molar-refractivity contribution >= 4 is 29.2 Å². The van der Waals surface area contributed by atoms with Crippen LogP contribution in [0.1, 0.15) is 46.5 Å². The molecule has 1 amide bonds. The molecule has 0 bridgehead atoms. The Morgan fingerprint density at radius 1 is 1.12 bits per heavy atom. The standard InChI is InChI=1S/C25H29N3O4S/c1-16(2)28(24(29)19-11-9-17(3)10-12-19)23-20(32-25(30)31)15-27(26-23)22-14-13-21(33-22)18-7-5-4-6-8-18/h4-8,13-17,19H,9-12H2,1-3H3,(H,30,31). The second-order valence-electron chi connectivity index (χ2n) is 8.89. The van der Waals surface area contributed by atoms with Gasteiger partial charge in [-0.3, -0.25) is 9.69 Å². The second-order valence-corrected chi connectivity index (χ2v) is 9.95. The highest BCUT2D eigenvalue weighted by atomic mass is 32.1. The highest BCUT2D eigenvalue weighted by Gasteiger charge is 2.34. The van der Waals surface area contributed by atoms with Crippen LogP contribution >= 0.6 is 11.3 Å². The fourth-order valence-corrected chi connectivity index (χ4v) is 5.25. The zero-order chi connectivity index (χ0) is 23.5. The van der Waals surface area contributed by atoms with E-state index in [1.807, 2.05) is 56.3 Å². The summed E-state index contributed by atoms with van der Waals surface area (Å²) in [6, 6.07) is 13.7. The molecule has 1 saturated carbocycles. The topological polar surface area (TPSA) is 84.7 Å². The van der Waals surface area contributed by atoms with Crippen molar-refractivity contribution in [2.75, 3.05) is 4.90 Å². The van der Waals surface area contributed by atoms with Crippen LogP contribution in [0.15, 0.2) is 48.7 Å².